The fraction of sp³-hybridized carbons (Fsp3) is 0.0714. The maximum Gasteiger partial charge on any atom is 0.257 e. The number of alkyl halides is 1. The van der Waals surface area contributed by atoms with Crippen LogP contribution in [0.2, 0.25) is 5.02 Å². The van der Waals surface area contributed by atoms with E-state index in [4.69, 9.17) is 11.6 Å². The molecule has 2 aromatic carbocycles. The van der Waals surface area contributed by atoms with Crippen LogP contribution in [-0.4, -0.2) is 5.91 Å². The van der Waals surface area contributed by atoms with E-state index in [9.17, 15) is 9.18 Å². The third-order valence-electron chi connectivity index (χ3n) is 2.56. The van der Waals surface area contributed by atoms with Crippen LogP contribution in [0, 0.1) is 5.82 Å². The molecule has 2 aromatic rings. The Hall–Kier alpha value is -1.39. The van der Waals surface area contributed by atoms with E-state index in [2.05, 4.69) is 21.2 Å². The Balaban J connectivity index is 2.18. The number of rotatable bonds is 3. The zero-order valence-corrected chi connectivity index (χ0v) is 12.1. The maximum absolute atomic E-state index is 13.3. The Morgan fingerprint density at radius 2 is 1.89 bits per heavy atom. The summed E-state index contributed by atoms with van der Waals surface area (Å²) in [4.78, 5) is 12.0. The van der Waals surface area contributed by atoms with Gasteiger partial charge in [0.1, 0.15) is 5.82 Å². The SMILES string of the molecule is O=C(Nc1ccc(CBr)cc1)c1cccc(F)c1Cl. The number of anilines is 1. The van der Waals surface area contributed by atoms with Gasteiger partial charge >= 0.3 is 0 Å². The molecule has 0 saturated carbocycles. The van der Waals surface area contributed by atoms with Crippen molar-refractivity contribution in [1.82, 2.24) is 0 Å². The largest absolute Gasteiger partial charge is 0.322 e. The van der Waals surface area contributed by atoms with Gasteiger partial charge in [0.05, 0.1) is 10.6 Å². The van der Waals surface area contributed by atoms with Crippen molar-refractivity contribution < 1.29 is 9.18 Å². The van der Waals surface area contributed by atoms with Crippen LogP contribution in [0.3, 0.4) is 0 Å². The van der Waals surface area contributed by atoms with Gasteiger partial charge in [-0.2, -0.15) is 0 Å². The third kappa shape index (κ3) is 3.33. The summed E-state index contributed by atoms with van der Waals surface area (Å²) in [6.07, 6.45) is 0. The Morgan fingerprint density at radius 3 is 2.53 bits per heavy atom. The molecule has 19 heavy (non-hydrogen) atoms. The second-order valence-corrected chi connectivity index (χ2v) is 4.82. The van der Waals surface area contributed by atoms with Gasteiger partial charge in [-0.3, -0.25) is 4.79 Å². The van der Waals surface area contributed by atoms with Gasteiger partial charge in [-0.1, -0.05) is 45.7 Å². The zero-order chi connectivity index (χ0) is 13.8. The first-order chi connectivity index (χ1) is 9.11. The summed E-state index contributed by atoms with van der Waals surface area (Å²) in [7, 11) is 0. The average molecular weight is 343 g/mol. The molecule has 0 aliphatic heterocycles. The molecule has 2 rings (SSSR count). The number of hydrogen-bond donors (Lipinski definition) is 1. The molecule has 0 atom stereocenters. The number of hydrogen-bond acceptors (Lipinski definition) is 1. The number of amides is 1. The van der Waals surface area contributed by atoms with E-state index in [1.807, 2.05) is 12.1 Å². The lowest BCUT2D eigenvalue weighted by Crippen LogP contribution is -2.12. The lowest BCUT2D eigenvalue weighted by Gasteiger charge is -2.07. The molecule has 0 radical (unpaired) electrons. The second-order valence-electron chi connectivity index (χ2n) is 3.89. The highest BCUT2D eigenvalue weighted by Gasteiger charge is 2.13. The summed E-state index contributed by atoms with van der Waals surface area (Å²) in [5.41, 5.74) is 1.85. The van der Waals surface area contributed by atoms with E-state index >= 15 is 0 Å². The lowest BCUT2D eigenvalue weighted by molar-refractivity contribution is 0.102. The quantitative estimate of drug-likeness (QED) is 0.810. The van der Waals surface area contributed by atoms with Crippen molar-refractivity contribution in [3.63, 3.8) is 0 Å². The Kier molecular flexibility index (Phi) is 4.56. The smallest absolute Gasteiger partial charge is 0.257 e. The van der Waals surface area contributed by atoms with E-state index in [1.54, 1.807) is 12.1 Å². The first kappa shape index (κ1) is 14.0. The zero-order valence-electron chi connectivity index (χ0n) is 9.79. The molecule has 0 aromatic heterocycles. The first-order valence-electron chi connectivity index (χ1n) is 5.52. The van der Waals surface area contributed by atoms with Gasteiger partial charge < -0.3 is 5.32 Å². The van der Waals surface area contributed by atoms with Crippen LogP contribution in [-0.2, 0) is 5.33 Å². The van der Waals surface area contributed by atoms with Crippen LogP contribution in [0.5, 0.6) is 0 Å². The summed E-state index contributed by atoms with van der Waals surface area (Å²) >= 11 is 9.10. The number of carbonyl (C=O) groups is 1. The highest BCUT2D eigenvalue weighted by Crippen LogP contribution is 2.21. The number of halogens is 3. The fourth-order valence-corrected chi connectivity index (χ4v) is 2.14. The van der Waals surface area contributed by atoms with Crippen molar-refractivity contribution in [2.45, 2.75) is 5.33 Å². The minimum Gasteiger partial charge on any atom is -0.322 e. The summed E-state index contributed by atoms with van der Waals surface area (Å²) < 4.78 is 13.3. The van der Waals surface area contributed by atoms with Crippen LogP contribution < -0.4 is 5.32 Å². The molecule has 0 unspecified atom stereocenters. The lowest BCUT2D eigenvalue weighted by atomic mass is 10.2. The van der Waals surface area contributed by atoms with Gasteiger partial charge in [-0.25, -0.2) is 4.39 Å². The molecule has 5 heteroatoms. The number of benzene rings is 2. The van der Waals surface area contributed by atoms with E-state index in [0.29, 0.717) is 5.69 Å². The molecule has 1 N–H and O–H groups in total. The van der Waals surface area contributed by atoms with E-state index < -0.39 is 11.7 Å². The molecule has 1 amide bonds. The van der Waals surface area contributed by atoms with Crippen LogP contribution in [0.25, 0.3) is 0 Å². The Morgan fingerprint density at radius 1 is 1.21 bits per heavy atom. The topological polar surface area (TPSA) is 29.1 Å². The van der Waals surface area contributed by atoms with Crippen LogP contribution in [0.1, 0.15) is 15.9 Å². The van der Waals surface area contributed by atoms with Crippen molar-refractivity contribution in [2.24, 2.45) is 0 Å². The van der Waals surface area contributed by atoms with Gasteiger partial charge in [-0.15, -0.1) is 0 Å². The van der Waals surface area contributed by atoms with Crippen molar-refractivity contribution >= 4 is 39.1 Å². The molecule has 0 saturated heterocycles. The van der Waals surface area contributed by atoms with Crippen LogP contribution in [0.15, 0.2) is 42.5 Å². The van der Waals surface area contributed by atoms with Gasteiger partial charge in [0.2, 0.25) is 0 Å². The maximum atomic E-state index is 13.3. The first-order valence-corrected chi connectivity index (χ1v) is 7.02. The predicted octanol–water partition coefficient (Wildman–Crippen LogP) is 4.63. The van der Waals surface area contributed by atoms with Crippen LogP contribution in [0.4, 0.5) is 10.1 Å². The Labute approximate surface area is 123 Å². The van der Waals surface area contributed by atoms with Crippen molar-refractivity contribution in [1.29, 1.82) is 0 Å². The molecule has 98 valence electrons. The monoisotopic (exact) mass is 341 g/mol. The molecule has 0 heterocycles. The van der Waals surface area contributed by atoms with Gasteiger partial charge in [0.15, 0.2) is 0 Å². The van der Waals surface area contributed by atoms with E-state index in [0.717, 1.165) is 10.9 Å². The van der Waals surface area contributed by atoms with Gasteiger partial charge in [0.25, 0.3) is 5.91 Å². The van der Waals surface area contributed by atoms with E-state index in [1.165, 1.54) is 18.2 Å². The van der Waals surface area contributed by atoms with Crippen molar-refractivity contribution in [2.75, 3.05) is 5.32 Å². The van der Waals surface area contributed by atoms with Crippen LogP contribution >= 0.6 is 27.5 Å². The molecule has 0 bridgehead atoms. The average Bonchev–Trinajstić information content (AvgIpc) is 2.42. The molecule has 0 spiro atoms. The molecular formula is C14H10BrClFNO. The number of carbonyl (C=O) groups excluding carboxylic acids is 1. The second kappa shape index (κ2) is 6.17. The summed E-state index contributed by atoms with van der Waals surface area (Å²) in [6.45, 7) is 0. The number of nitrogens with one attached hydrogen (secondary N) is 1. The third-order valence-corrected chi connectivity index (χ3v) is 3.59. The fourth-order valence-electron chi connectivity index (χ4n) is 1.55. The molecule has 2 nitrogen and oxygen atoms in total. The highest BCUT2D eigenvalue weighted by atomic mass is 79.9. The Bertz CT molecular complexity index is 601. The van der Waals surface area contributed by atoms with Crippen molar-refractivity contribution in [3.8, 4) is 0 Å². The molecule has 0 fully saturated rings. The minimum absolute atomic E-state index is 0.117. The summed E-state index contributed by atoms with van der Waals surface area (Å²) in [6, 6.07) is 11.5. The van der Waals surface area contributed by atoms with E-state index in [-0.39, 0.29) is 10.6 Å². The summed E-state index contributed by atoms with van der Waals surface area (Å²) in [5, 5.41) is 3.25. The van der Waals surface area contributed by atoms with Gasteiger partial charge in [-0.05, 0) is 29.8 Å². The normalized spacial score (nSPS) is 10.3. The standard InChI is InChI=1S/C14H10BrClFNO/c15-8-9-4-6-10(7-5-9)18-14(19)11-2-1-3-12(17)13(11)16/h1-7H,8H2,(H,18,19). The molecule has 0 aliphatic carbocycles. The summed E-state index contributed by atoms with van der Waals surface area (Å²) in [5.74, 6) is -1.04. The minimum atomic E-state index is -0.607. The van der Waals surface area contributed by atoms with Gasteiger partial charge in [0, 0.05) is 11.0 Å². The highest BCUT2D eigenvalue weighted by molar-refractivity contribution is 9.08. The molecular weight excluding hydrogens is 333 g/mol. The van der Waals surface area contributed by atoms with Crippen molar-refractivity contribution in [3.05, 3.63) is 64.4 Å². The molecule has 0 aliphatic rings. The predicted molar refractivity (Wildman–Crippen MR) is 78.4 cm³/mol.